The van der Waals surface area contributed by atoms with Crippen LogP contribution in [0.5, 0.6) is 0 Å². The number of nitrogen functional groups attached to an aromatic ring is 1. The largest absolute Gasteiger partial charge is 0.368 e. The van der Waals surface area contributed by atoms with Crippen LogP contribution in [-0.2, 0) is 14.3 Å². The highest BCUT2D eigenvalue weighted by Gasteiger charge is 2.40. The SMILES string of the molecule is CNC(=O)C1(C)COC(c2nc(-c3ccc(F)cc3)c(-c3ccnc(N)n3)[nH]2)OC1. The molecule has 0 atom stereocenters. The van der Waals surface area contributed by atoms with E-state index in [1.165, 1.54) is 18.3 Å². The Morgan fingerprint density at radius 2 is 1.93 bits per heavy atom. The van der Waals surface area contributed by atoms with E-state index in [0.717, 1.165) is 0 Å². The summed E-state index contributed by atoms with van der Waals surface area (Å²) in [6, 6.07) is 7.63. The molecule has 0 radical (unpaired) electrons. The Kier molecular flexibility index (Phi) is 5.18. The molecule has 0 saturated carbocycles. The van der Waals surface area contributed by atoms with E-state index in [9.17, 15) is 9.18 Å². The Morgan fingerprint density at radius 3 is 2.57 bits per heavy atom. The summed E-state index contributed by atoms with van der Waals surface area (Å²) in [7, 11) is 1.57. The van der Waals surface area contributed by atoms with Gasteiger partial charge in [-0.25, -0.2) is 19.3 Å². The normalized spacial score (nSPS) is 21.4. The Balaban J connectivity index is 1.69. The quantitative estimate of drug-likeness (QED) is 0.598. The molecule has 2 aromatic heterocycles. The van der Waals surface area contributed by atoms with Crippen LogP contribution in [-0.4, -0.2) is 46.1 Å². The number of aromatic amines is 1. The van der Waals surface area contributed by atoms with Gasteiger partial charge in [-0.1, -0.05) is 0 Å². The first-order valence-electron chi connectivity index (χ1n) is 9.30. The van der Waals surface area contributed by atoms with Crippen LogP contribution in [0, 0.1) is 11.2 Å². The van der Waals surface area contributed by atoms with E-state index in [4.69, 9.17) is 15.2 Å². The fourth-order valence-electron chi connectivity index (χ4n) is 3.22. The predicted molar refractivity (Wildman–Crippen MR) is 106 cm³/mol. The number of nitrogens with zero attached hydrogens (tertiary/aromatic N) is 3. The molecular formula is C20H21FN6O3. The summed E-state index contributed by atoms with van der Waals surface area (Å²) in [5.74, 6) is 0.00000152. The van der Waals surface area contributed by atoms with Gasteiger partial charge in [0.1, 0.15) is 5.82 Å². The fraction of sp³-hybridized carbons (Fsp3) is 0.300. The molecule has 1 aromatic carbocycles. The van der Waals surface area contributed by atoms with E-state index >= 15 is 0 Å². The molecule has 9 nitrogen and oxygen atoms in total. The molecule has 156 valence electrons. The van der Waals surface area contributed by atoms with Crippen LogP contribution < -0.4 is 11.1 Å². The van der Waals surface area contributed by atoms with E-state index in [1.807, 2.05) is 0 Å². The third-order valence-electron chi connectivity index (χ3n) is 4.88. The summed E-state index contributed by atoms with van der Waals surface area (Å²) in [4.78, 5) is 28.0. The zero-order valence-corrected chi connectivity index (χ0v) is 16.5. The average Bonchev–Trinajstić information content (AvgIpc) is 3.19. The van der Waals surface area contributed by atoms with Crippen molar-refractivity contribution in [1.82, 2.24) is 25.3 Å². The molecule has 4 N–H and O–H groups in total. The van der Waals surface area contributed by atoms with Crippen molar-refractivity contribution in [2.45, 2.75) is 13.2 Å². The molecule has 3 heterocycles. The Bertz CT molecular complexity index is 1060. The molecule has 30 heavy (non-hydrogen) atoms. The monoisotopic (exact) mass is 412 g/mol. The zero-order valence-electron chi connectivity index (χ0n) is 16.5. The summed E-state index contributed by atoms with van der Waals surface area (Å²) >= 11 is 0. The van der Waals surface area contributed by atoms with Gasteiger partial charge in [-0.2, -0.15) is 0 Å². The molecule has 4 rings (SSSR count). The van der Waals surface area contributed by atoms with Gasteiger partial charge in [0, 0.05) is 18.8 Å². The predicted octanol–water partition coefficient (Wildman–Crippen LogP) is 2.05. The number of aromatic nitrogens is 4. The Labute approximate surface area is 171 Å². The molecule has 1 saturated heterocycles. The molecule has 3 aromatic rings. The van der Waals surface area contributed by atoms with Crippen molar-refractivity contribution < 1.29 is 18.7 Å². The molecule has 0 unspecified atom stereocenters. The lowest BCUT2D eigenvalue weighted by Gasteiger charge is -2.34. The third-order valence-corrected chi connectivity index (χ3v) is 4.88. The van der Waals surface area contributed by atoms with Gasteiger partial charge in [0.05, 0.1) is 35.7 Å². The van der Waals surface area contributed by atoms with Gasteiger partial charge in [-0.15, -0.1) is 0 Å². The first kappa shape index (κ1) is 19.9. The lowest BCUT2D eigenvalue weighted by molar-refractivity contribution is -0.230. The fourth-order valence-corrected chi connectivity index (χ4v) is 3.22. The van der Waals surface area contributed by atoms with Gasteiger partial charge >= 0.3 is 0 Å². The Morgan fingerprint density at radius 1 is 1.23 bits per heavy atom. The first-order valence-corrected chi connectivity index (χ1v) is 9.30. The van der Waals surface area contributed by atoms with Crippen LogP contribution in [0.1, 0.15) is 19.0 Å². The number of anilines is 1. The number of halogens is 1. The van der Waals surface area contributed by atoms with E-state index in [1.54, 1.807) is 32.2 Å². The van der Waals surface area contributed by atoms with E-state index in [0.29, 0.717) is 28.5 Å². The van der Waals surface area contributed by atoms with E-state index in [-0.39, 0.29) is 30.9 Å². The maximum absolute atomic E-state index is 13.4. The number of imidazole rings is 1. The van der Waals surface area contributed by atoms with Gasteiger partial charge in [0.2, 0.25) is 18.1 Å². The summed E-state index contributed by atoms with van der Waals surface area (Å²) < 4.78 is 25.0. The molecule has 0 bridgehead atoms. The van der Waals surface area contributed by atoms with Gasteiger partial charge in [0.15, 0.2) is 5.82 Å². The van der Waals surface area contributed by atoms with Crippen molar-refractivity contribution in [2.75, 3.05) is 26.0 Å². The number of benzene rings is 1. The molecule has 1 aliphatic heterocycles. The van der Waals surface area contributed by atoms with Crippen LogP contribution >= 0.6 is 0 Å². The number of ether oxygens (including phenoxy) is 2. The third kappa shape index (κ3) is 3.74. The summed E-state index contributed by atoms with van der Waals surface area (Å²) in [5.41, 5.74) is 7.24. The molecule has 1 fully saturated rings. The number of carbonyl (C=O) groups excluding carboxylic acids is 1. The Hall–Kier alpha value is -3.37. The average molecular weight is 412 g/mol. The van der Waals surface area contributed by atoms with E-state index in [2.05, 4.69) is 25.3 Å². The number of H-pyrrole nitrogens is 1. The minimum Gasteiger partial charge on any atom is -0.368 e. The second-order valence-corrected chi connectivity index (χ2v) is 7.25. The number of rotatable bonds is 4. The maximum Gasteiger partial charge on any atom is 0.230 e. The van der Waals surface area contributed by atoms with Crippen molar-refractivity contribution in [1.29, 1.82) is 0 Å². The number of hydrogen-bond donors (Lipinski definition) is 3. The maximum atomic E-state index is 13.4. The van der Waals surface area contributed by atoms with Crippen molar-refractivity contribution in [2.24, 2.45) is 5.41 Å². The van der Waals surface area contributed by atoms with Crippen molar-refractivity contribution >= 4 is 11.9 Å². The van der Waals surface area contributed by atoms with Gasteiger partial charge in [-0.05, 0) is 37.3 Å². The standard InChI is InChI=1S/C20H21FN6O3/c1-20(18(28)23-2)9-29-17(30-10-20)16-26-14(11-3-5-12(21)6-4-11)15(27-16)13-7-8-24-19(22)25-13/h3-8,17H,9-10H2,1-2H3,(H,23,28)(H,26,27)(H2,22,24,25). The number of nitrogens with two attached hydrogens (primary N) is 1. The minimum absolute atomic E-state index is 0.111. The summed E-state index contributed by atoms with van der Waals surface area (Å²) in [6.45, 7) is 2.10. The lowest BCUT2D eigenvalue weighted by Crippen LogP contribution is -2.47. The molecular weight excluding hydrogens is 391 g/mol. The molecule has 0 spiro atoms. The smallest absolute Gasteiger partial charge is 0.230 e. The van der Waals surface area contributed by atoms with Crippen LogP contribution in [0.3, 0.4) is 0 Å². The molecule has 10 heteroatoms. The first-order chi connectivity index (χ1) is 14.4. The number of nitrogens with one attached hydrogen (secondary N) is 2. The van der Waals surface area contributed by atoms with Gasteiger partial charge in [0.25, 0.3) is 0 Å². The minimum atomic E-state index is -0.796. The van der Waals surface area contributed by atoms with Crippen LogP contribution in [0.15, 0.2) is 36.5 Å². The van der Waals surface area contributed by atoms with Crippen LogP contribution in [0.25, 0.3) is 22.6 Å². The molecule has 1 aliphatic rings. The highest BCUT2D eigenvalue weighted by molar-refractivity contribution is 5.82. The lowest BCUT2D eigenvalue weighted by atomic mass is 9.91. The summed E-state index contributed by atoms with van der Waals surface area (Å²) in [5, 5.41) is 2.62. The second-order valence-electron chi connectivity index (χ2n) is 7.25. The summed E-state index contributed by atoms with van der Waals surface area (Å²) in [6.07, 6.45) is 0.740. The van der Waals surface area contributed by atoms with Gasteiger partial charge < -0.3 is 25.5 Å². The number of carbonyl (C=O) groups is 1. The molecule has 0 aliphatic carbocycles. The zero-order chi connectivity index (χ0) is 21.3. The second kappa shape index (κ2) is 7.81. The van der Waals surface area contributed by atoms with Gasteiger partial charge in [-0.3, -0.25) is 4.79 Å². The van der Waals surface area contributed by atoms with Crippen molar-refractivity contribution in [3.63, 3.8) is 0 Å². The van der Waals surface area contributed by atoms with Crippen molar-refractivity contribution in [3.05, 3.63) is 48.2 Å². The topological polar surface area (TPSA) is 128 Å². The number of amides is 1. The van der Waals surface area contributed by atoms with Crippen LogP contribution in [0.2, 0.25) is 0 Å². The molecule has 1 amide bonds. The number of hydrogen-bond acceptors (Lipinski definition) is 7. The van der Waals surface area contributed by atoms with Crippen LogP contribution in [0.4, 0.5) is 10.3 Å². The highest BCUT2D eigenvalue weighted by atomic mass is 19.1. The van der Waals surface area contributed by atoms with E-state index < -0.39 is 11.7 Å². The highest BCUT2D eigenvalue weighted by Crippen LogP contribution is 2.35. The van der Waals surface area contributed by atoms with Crippen molar-refractivity contribution in [3.8, 4) is 22.6 Å².